The zero-order valence-corrected chi connectivity index (χ0v) is 13.5. The van der Waals surface area contributed by atoms with Gasteiger partial charge in [0.15, 0.2) is 0 Å². The smallest absolute Gasteiger partial charge is 0.225 e. The second-order valence-corrected chi connectivity index (χ2v) is 6.51. The van der Waals surface area contributed by atoms with Crippen LogP contribution in [0.1, 0.15) is 12.8 Å². The van der Waals surface area contributed by atoms with E-state index in [1.807, 2.05) is 12.1 Å². The van der Waals surface area contributed by atoms with E-state index in [4.69, 9.17) is 16.3 Å². The summed E-state index contributed by atoms with van der Waals surface area (Å²) in [6.07, 6.45) is 2.37. The van der Waals surface area contributed by atoms with Gasteiger partial charge in [-0.25, -0.2) is 9.97 Å². The summed E-state index contributed by atoms with van der Waals surface area (Å²) in [6, 6.07) is 8.54. The molecule has 0 unspecified atom stereocenters. The third kappa shape index (κ3) is 2.51. The topological polar surface area (TPSA) is 47.0 Å². The molecule has 6 heteroatoms. The number of halogens is 1. The van der Waals surface area contributed by atoms with Gasteiger partial charge in [-0.15, -0.1) is 11.3 Å². The van der Waals surface area contributed by atoms with Crippen LogP contribution in [0.2, 0.25) is 5.28 Å². The van der Waals surface area contributed by atoms with Crippen LogP contribution >= 0.6 is 22.9 Å². The van der Waals surface area contributed by atoms with Crippen molar-refractivity contribution in [3.05, 3.63) is 34.9 Å². The normalized spacial score (nSPS) is 14.3. The molecule has 3 aromatic rings. The van der Waals surface area contributed by atoms with Gasteiger partial charge in [0.25, 0.3) is 0 Å². The second-order valence-electron chi connectivity index (χ2n) is 5.32. The number of hydrogen-bond acceptors (Lipinski definition) is 5. The Morgan fingerprint density at radius 3 is 2.68 bits per heavy atom. The minimum absolute atomic E-state index is 0.291. The van der Waals surface area contributed by atoms with Crippen LogP contribution in [0.4, 0.5) is 5.82 Å². The molecule has 112 valence electrons. The highest BCUT2D eigenvalue weighted by molar-refractivity contribution is 7.17. The number of methoxy groups -OCH3 is 1. The summed E-state index contributed by atoms with van der Waals surface area (Å²) >= 11 is 7.64. The first-order chi connectivity index (χ1) is 10.7. The van der Waals surface area contributed by atoms with Crippen LogP contribution in [0.5, 0.6) is 5.75 Å². The molecule has 0 spiro atoms. The maximum atomic E-state index is 6.05. The predicted molar refractivity (Wildman–Crippen MR) is 91.1 cm³/mol. The maximum Gasteiger partial charge on any atom is 0.225 e. The van der Waals surface area contributed by atoms with Crippen molar-refractivity contribution in [3.63, 3.8) is 0 Å². The number of thiophene rings is 1. The molecule has 0 aliphatic heterocycles. The lowest BCUT2D eigenvalue weighted by atomic mass is 10.1. The van der Waals surface area contributed by atoms with Gasteiger partial charge in [0.2, 0.25) is 5.28 Å². The second kappa shape index (κ2) is 5.41. The molecule has 0 bridgehead atoms. The highest BCUT2D eigenvalue weighted by atomic mass is 35.5. The van der Waals surface area contributed by atoms with Gasteiger partial charge in [-0.2, -0.15) is 0 Å². The first-order valence-corrected chi connectivity index (χ1v) is 8.36. The molecule has 0 atom stereocenters. The molecule has 2 heterocycles. The van der Waals surface area contributed by atoms with E-state index in [0.29, 0.717) is 11.3 Å². The lowest BCUT2D eigenvalue weighted by Gasteiger charge is -2.08. The Morgan fingerprint density at radius 2 is 2.00 bits per heavy atom. The lowest BCUT2D eigenvalue weighted by molar-refractivity contribution is 0.415. The molecule has 4 rings (SSSR count). The van der Waals surface area contributed by atoms with E-state index >= 15 is 0 Å². The van der Waals surface area contributed by atoms with Crippen molar-refractivity contribution in [3.8, 4) is 16.9 Å². The number of fused-ring (bicyclic) bond motifs is 1. The molecule has 1 saturated carbocycles. The Balaban J connectivity index is 1.85. The van der Waals surface area contributed by atoms with Crippen molar-refractivity contribution in [2.45, 2.75) is 18.9 Å². The monoisotopic (exact) mass is 331 g/mol. The Hall–Kier alpha value is -1.85. The van der Waals surface area contributed by atoms with Crippen LogP contribution in [-0.4, -0.2) is 23.1 Å². The molecule has 1 aliphatic carbocycles. The number of aromatic nitrogens is 2. The van der Waals surface area contributed by atoms with Crippen LogP contribution in [0.15, 0.2) is 29.6 Å². The Morgan fingerprint density at radius 1 is 1.23 bits per heavy atom. The van der Waals surface area contributed by atoms with Crippen LogP contribution in [0.3, 0.4) is 0 Å². The van der Waals surface area contributed by atoms with Gasteiger partial charge in [0, 0.05) is 17.0 Å². The first kappa shape index (κ1) is 13.8. The summed E-state index contributed by atoms with van der Waals surface area (Å²) in [5.41, 5.74) is 2.25. The van der Waals surface area contributed by atoms with Crippen molar-refractivity contribution in [2.75, 3.05) is 12.4 Å². The van der Waals surface area contributed by atoms with Gasteiger partial charge in [-0.3, -0.25) is 0 Å². The first-order valence-electron chi connectivity index (χ1n) is 7.10. The molecule has 0 amide bonds. The third-order valence-electron chi connectivity index (χ3n) is 3.73. The largest absolute Gasteiger partial charge is 0.497 e. The fraction of sp³-hybridized carbons (Fsp3) is 0.250. The Labute approximate surface area is 137 Å². The van der Waals surface area contributed by atoms with E-state index in [2.05, 4.69) is 32.8 Å². The summed E-state index contributed by atoms with van der Waals surface area (Å²) in [5, 5.41) is 6.91. The van der Waals surface area contributed by atoms with Crippen LogP contribution in [-0.2, 0) is 0 Å². The SMILES string of the molecule is COc1ccc(-c2csc3nc(Cl)nc(NC4CC4)c23)cc1. The maximum absolute atomic E-state index is 6.05. The molecular formula is C16H14ClN3OS. The van der Waals surface area contributed by atoms with Crippen LogP contribution < -0.4 is 10.1 Å². The van der Waals surface area contributed by atoms with Gasteiger partial charge in [0.1, 0.15) is 16.4 Å². The van der Waals surface area contributed by atoms with Gasteiger partial charge in [-0.1, -0.05) is 12.1 Å². The molecule has 4 nitrogen and oxygen atoms in total. The Kier molecular flexibility index (Phi) is 3.39. The number of benzene rings is 1. The number of nitrogens with one attached hydrogen (secondary N) is 1. The summed E-state index contributed by atoms with van der Waals surface area (Å²) in [7, 11) is 1.67. The standard InChI is InChI=1S/C16H14ClN3OS/c1-21-11-6-2-9(3-7-11)12-8-22-15-13(12)14(18-10-4-5-10)19-16(17)20-15/h2-3,6-8,10H,4-5H2,1H3,(H,18,19,20). The van der Waals surface area contributed by atoms with E-state index in [1.54, 1.807) is 18.4 Å². The highest BCUT2D eigenvalue weighted by Crippen LogP contribution is 2.39. The fourth-order valence-electron chi connectivity index (χ4n) is 2.42. The van der Waals surface area contributed by atoms with Crippen molar-refractivity contribution in [1.29, 1.82) is 0 Å². The lowest BCUT2D eigenvalue weighted by Crippen LogP contribution is -2.04. The summed E-state index contributed by atoms with van der Waals surface area (Å²) < 4.78 is 5.22. The number of hydrogen-bond donors (Lipinski definition) is 1. The van der Waals surface area contributed by atoms with Crippen molar-refractivity contribution in [1.82, 2.24) is 9.97 Å². The third-order valence-corrected chi connectivity index (χ3v) is 4.77. The molecule has 0 saturated heterocycles. The summed E-state index contributed by atoms with van der Waals surface area (Å²) in [5.74, 6) is 1.68. The van der Waals surface area contributed by atoms with Crippen LogP contribution in [0.25, 0.3) is 21.3 Å². The van der Waals surface area contributed by atoms with Crippen LogP contribution in [0, 0.1) is 0 Å². The average molecular weight is 332 g/mol. The molecular weight excluding hydrogens is 318 g/mol. The van der Waals surface area contributed by atoms with Gasteiger partial charge >= 0.3 is 0 Å². The number of ether oxygens (including phenoxy) is 1. The minimum Gasteiger partial charge on any atom is -0.497 e. The van der Waals surface area contributed by atoms with Crippen molar-refractivity contribution >= 4 is 39.0 Å². The zero-order valence-electron chi connectivity index (χ0n) is 12.0. The van der Waals surface area contributed by atoms with Crippen molar-refractivity contribution < 1.29 is 4.74 Å². The zero-order chi connectivity index (χ0) is 15.1. The number of nitrogens with zero attached hydrogens (tertiary/aromatic N) is 2. The molecule has 0 radical (unpaired) electrons. The quantitative estimate of drug-likeness (QED) is 0.710. The Bertz CT molecular complexity index is 827. The van der Waals surface area contributed by atoms with E-state index in [1.165, 1.54) is 12.8 Å². The fourth-order valence-corrected chi connectivity index (χ4v) is 3.59. The van der Waals surface area contributed by atoms with E-state index < -0.39 is 0 Å². The number of rotatable bonds is 4. The molecule has 1 aromatic carbocycles. The average Bonchev–Trinajstić information content (AvgIpc) is 3.24. The van der Waals surface area contributed by atoms with Gasteiger partial charge < -0.3 is 10.1 Å². The molecule has 22 heavy (non-hydrogen) atoms. The van der Waals surface area contributed by atoms with E-state index in [0.717, 1.165) is 32.9 Å². The van der Waals surface area contributed by atoms with E-state index in [9.17, 15) is 0 Å². The van der Waals surface area contributed by atoms with E-state index in [-0.39, 0.29) is 0 Å². The van der Waals surface area contributed by atoms with Gasteiger partial charge in [-0.05, 0) is 42.1 Å². The predicted octanol–water partition coefficient (Wildman–Crippen LogP) is 4.59. The molecule has 1 N–H and O–H groups in total. The minimum atomic E-state index is 0.291. The summed E-state index contributed by atoms with van der Waals surface area (Å²) in [6.45, 7) is 0. The van der Waals surface area contributed by atoms with Gasteiger partial charge in [0.05, 0.1) is 12.5 Å². The summed E-state index contributed by atoms with van der Waals surface area (Å²) in [4.78, 5) is 9.66. The van der Waals surface area contributed by atoms with Crippen molar-refractivity contribution in [2.24, 2.45) is 0 Å². The molecule has 1 aliphatic rings. The molecule has 2 aromatic heterocycles. The molecule has 1 fully saturated rings. The number of anilines is 1. The highest BCUT2D eigenvalue weighted by Gasteiger charge is 2.24.